The average molecular weight is 144 g/mol. The zero-order valence-electron chi connectivity index (χ0n) is 6.76. The summed E-state index contributed by atoms with van der Waals surface area (Å²) < 4.78 is 5.11. The number of hydrogen-bond acceptors (Lipinski definition) is 2. The van der Waals surface area contributed by atoms with Gasteiger partial charge in [-0.1, -0.05) is 13.8 Å². The van der Waals surface area contributed by atoms with Crippen LogP contribution >= 0.6 is 0 Å². The Kier molecular flexibility index (Phi) is 2.32. The highest BCUT2D eigenvalue weighted by Gasteiger charge is 2.39. The van der Waals surface area contributed by atoms with Gasteiger partial charge in [0.25, 0.3) is 0 Å². The van der Waals surface area contributed by atoms with Crippen LogP contribution in [0.25, 0.3) is 0 Å². The molecule has 10 heavy (non-hydrogen) atoms. The van der Waals surface area contributed by atoms with Crippen LogP contribution in [0.2, 0.25) is 0 Å². The second kappa shape index (κ2) is 2.89. The zero-order chi connectivity index (χ0) is 7.61. The van der Waals surface area contributed by atoms with Gasteiger partial charge in [0.15, 0.2) is 6.29 Å². The molecule has 60 valence electrons. The first-order chi connectivity index (χ1) is 4.75. The van der Waals surface area contributed by atoms with Crippen LogP contribution in [0.15, 0.2) is 0 Å². The normalized spacial score (nSPS) is 30.9. The van der Waals surface area contributed by atoms with Crippen molar-refractivity contribution in [2.24, 2.45) is 5.41 Å². The van der Waals surface area contributed by atoms with Crippen molar-refractivity contribution in [1.82, 2.24) is 0 Å². The summed E-state index contributed by atoms with van der Waals surface area (Å²) >= 11 is 0. The van der Waals surface area contributed by atoms with Crippen molar-refractivity contribution in [2.75, 3.05) is 6.61 Å². The standard InChI is InChI=1S/C8H16O2/c1-3-8(4-2)5-6-10-7(8)9/h7,9H,3-6H2,1-2H3. The molecule has 0 aromatic carbocycles. The van der Waals surface area contributed by atoms with E-state index in [9.17, 15) is 5.11 Å². The van der Waals surface area contributed by atoms with Gasteiger partial charge >= 0.3 is 0 Å². The van der Waals surface area contributed by atoms with E-state index in [1.165, 1.54) is 0 Å². The molecule has 2 nitrogen and oxygen atoms in total. The van der Waals surface area contributed by atoms with Crippen LogP contribution in [0.4, 0.5) is 0 Å². The fourth-order valence-corrected chi connectivity index (χ4v) is 1.63. The van der Waals surface area contributed by atoms with Gasteiger partial charge in [-0.15, -0.1) is 0 Å². The third kappa shape index (κ3) is 1.06. The van der Waals surface area contributed by atoms with Crippen LogP contribution in [0.3, 0.4) is 0 Å². The van der Waals surface area contributed by atoms with Crippen molar-refractivity contribution < 1.29 is 9.84 Å². The highest BCUT2D eigenvalue weighted by atomic mass is 16.6. The average Bonchev–Trinajstić information content (AvgIpc) is 2.32. The molecule has 0 radical (unpaired) electrons. The first kappa shape index (κ1) is 8.02. The number of rotatable bonds is 2. The summed E-state index contributed by atoms with van der Waals surface area (Å²) in [5, 5.41) is 9.42. The molecule has 1 aliphatic heterocycles. The minimum absolute atomic E-state index is 0.0694. The third-order valence-corrected chi connectivity index (χ3v) is 2.81. The Morgan fingerprint density at radius 2 is 2.10 bits per heavy atom. The summed E-state index contributed by atoms with van der Waals surface area (Å²) in [5.41, 5.74) is 0.0694. The van der Waals surface area contributed by atoms with Crippen molar-refractivity contribution in [3.05, 3.63) is 0 Å². The van der Waals surface area contributed by atoms with Crippen molar-refractivity contribution in [3.63, 3.8) is 0 Å². The smallest absolute Gasteiger partial charge is 0.160 e. The van der Waals surface area contributed by atoms with Gasteiger partial charge in [-0.2, -0.15) is 0 Å². The fraction of sp³-hybridized carbons (Fsp3) is 1.00. The van der Waals surface area contributed by atoms with E-state index in [4.69, 9.17) is 4.74 Å². The van der Waals surface area contributed by atoms with E-state index in [1.54, 1.807) is 0 Å². The summed E-state index contributed by atoms with van der Waals surface area (Å²) in [5.74, 6) is 0. The van der Waals surface area contributed by atoms with E-state index < -0.39 is 6.29 Å². The molecule has 0 spiro atoms. The Morgan fingerprint density at radius 1 is 1.50 bits per heavy atom. The van der Waals surface area contributed by atoms with Crippen LogP contribution in [0, 0.1) is 5.41 Å². The highest BCUT2D eigenvalue weighted by molar-refractivity contribution is 4.83. The predicted molar refractivity (Wildman–Crippen MR) is 39.6 cm³/mol. The molecule has 0 aliphatic carbocycles. The Labute approximate surface area is 62.2 Å². The molecular formula is C8H16O2. The molecule has 1 saturated heterocycles. The molecule has 1 N–H and O–H groups in total. The van der Waals surface area contributed by atoms with E-state index >= 15 is 0 Å². The van der Waals surface area contributed by atoms with Crippen LogP contribution in [0.5, 0.6) is 0 Å². The minimum atomic E-state index is -0.512. The number of aliphatic hydroxyl groups is 1. The predicted octanol–water partition coefficient (Wildman–Crippen LogP) is 1.53. The van der Waals surface area contributed by atoms with Gasteiger partial charge in [0.1, 0.15) is 0 Å². The number of ether oxygens (including phenoxy) is 1. The van der Waals surface area contributed by atoms with Crippen LogP contribution < -0.4 is 0 Å². The first-order valence-electron chi connectivity index (χ1n) is 4.05. The zero-order valence-corrected chi connectivity index (χ0v) is 6.76. The largest absolute Gasteiger partial charge is 0.367 e. The molecule has 0 bridgehead atoms. The topological polar surface area (TPSA) is 29.5 Å². The highest BCUT2D eigenvalue weighted by Crippen LogP contribution is 2.39. The van der Waals surface area contributed by atoms with Gasteiger partial charge in [-0.25, -0.2) is 0 Å². The van der Waals surface area contributed by atoms with E-state index in [-0.39, 0.29) is 5.41 Å². The fourth-order valence-electron chi connectivity index (χ4n) is 1.63. The minimum Gasteiger partial charge on any atom is -0.367 e. The molecule has 1 heterocycles. The molecule has 2 heteroatoms. The lowest BCUT2D eigenvalue weighted by atomic mass is 9.80. The van der Waals surface area contributed by atoms with Gasteiger partial charge in [-0.05, 0) is 19.3 Å². The van der Waals surface area contributed by atoms with Crippen LogP contribution in [0.1, 0.15) is 33.1 Å². The lowest BCUT2D eigenvalue weighted by Gasteiger charge is -2.27. The maximum absolute atomic E-state index is 9.42. The molecule has 0 amide bonds. The van der Waals surface area contributed by atoms with Crippen LogP contribution in [-0.2, 0) is 4.74 Å². The Balaban J connectivity index is 2.61. The molecule has 1 fully saturated rings. The van der Waals surface area contributed by atoms with Crippen molar-refractivity contribution in [3.8, 4) is 0 Å². The summed E-state index contributed by atoms with van der Waals surface area (Å²) in [6.07, 6.45) is 2.54. The Hall–Kier alpha value is -0.0800. The van der Waals surface area contributed by atoms with E-state index in [1.807, 2.05) is 0 Å². The Bertz CT molecular complexity index is 108. The van der Waals surface area contributed by atoms with Crippen molar-refractivity contribution in [1.29, 1.82) is 0 Å². The summed E-state index contributed by atoms with van der Waals surface area (Å²) in [7, 11) is 0. The van der Waals surface area contributed by atoms with E-state index in [0.717, 1.165) is 25.9 Å². The van der Waals surface area contributed by atoms with Gasteiger partial charge in [0, 0.05) is 5.41 Å². The van der Waals surface area contributed by atoms with Gasteiger partial charge < -0.3 is 9.84 Å². The molecule has 1 unspecified atom stereocenters. The van der Waals surface area contributed by atoms with E-state index in [2.05, 4.69) is 13.8 Å². The quantitative estimate of drug-likeness (QED) is 0.637. The second-order valence-corrected chi connectivity index (χ2v) is 3.04. The maximum atomic E-state index is 9.42. The van der Waals surface area contributed by atoms with Crippen LogP contribution in [-0.4, -0.2) is 18.0 Å². The number of aliphatic hydroxyl groups excluding tert-OH is 1. The summed E-state index contributed by atoms with van der Waals surface area (Å²) in [6, 6.07) is 0. The van der Waals surface area contributed by atoms with Gasteiger partial charge in [0.2, 0.25) is 0 Å². The SMILES string of the molecule is CCC1(CC)CCOC1O. The van der Waals surface area contributed by atoms with Gasteiger partial charge in [-0.3, -0.25) is 0 Å². The molecule has 0 aromatic heterocycles. The molecule has 1 aliphatic rings. The third-order valence-electron chi connectivity index (χ3n) is 2.81. The molecule has 1 atom stereocenters. The first-order valence-corrected chi connectivity index (χ1v) is 4.05. The lowest BCUT2D eigenvalue weighted by Crippen LogP contribution is -2.29. The monoisotopic (exact) mass is 144 g/mol. The van der Waals surface area contributed by atoms with Gasteiger partial charge in [0.05, 0.1) is 6.61 Å². The molecule has 0 saturated carbocycles. The lowest BCUT2D eigenvalue weighted by molar-refractivity contribution is -0.120. The molecule has 0 aromatic rings. The summed E-state index contributed by atoms with van der Waals surface area (Å²) in [6.45, 7) is 4.95. The second-order valence-electron chi connectivity index (χ2n) is 3.04. The Morgan fingerprint density at radius 3 is 2.30 bits per heavy atom. The number of hydrogen-bond donors (Lipinski definition) is 1. The summed E-state index contributed by atoms with van der Waals surface area (Å²) in [4.78, 5) is 0. The van der Waals surface area contributed by atoms with E-state index in [0.29, 0.717) is 0 Å². The van der Waals surface area contributed by atoms with Crippen molar-refractivity contribution >= 4 is 0 Å². The molecular weight excluding hydrogens is 128 g/mol. The molecule has 1 rings (SSSR count). The maximum Gasteiger partial charge on any atom is 0.160 e. The van der Waals surface area contributed by atoms with Crippen molar-refractivity contribution in [2.45, 2.75) is 39.4 Å².